The highest BCUT2D eigenvalue weighted by Crippen LogP contribution is 2.33. The van der Waals surface area contributed by atoms with E-state index in [0.717, 1.165) is 0 Å². The highest BCUT2D eigenvalue weighted by atomic mass is 79.9. The van der Waals surface area contributed by atoms with E-state index in [-0.39, 0.29) is 18.9 Å². The molecule has 0 aromatic heterocycles. The summed E-state index contributed by atoms with van der Waals surface area (Å²) in [5.74, 6) is 0.311. The van der Waals surface area contributed by atoms with E-state index in [2.05, 4.69) is 26.2 Å². The fourth-order valence-electron chi connectivity index (χ4n) is 2.33. The van der Waals surface area contributed by atoms with Gasteiger partial charge in [0.05, 0.1) is 11.5 Å². The number of carbonyl (C=O) groups excluding carboxylic acids is 1. The van der Waals surface area contributed by atoms with Crippen LogP contribution < -0.4 is 5.32 Å². The molecule has 0 saturated heterocycles. The number of nitrogens with one attached hydrogen (secondary N) is 1. The Bertz CT molecular complexity index is 729. The maximum absolute atomic E-state index is 11.9. The number of hydrogen-bond acceptors (Lipinski definition) is 6. The summed E-state index contributed by atoms with van der Waals surface area (Å²) in [4.78, 5) is 27.0. The number of rotatable bonds is 2. The lowest BCUT2D eigenvalue weighted by molar-refractivity contribution is -0.385. The van der Waals surface area contributed by atoms with Crippen LogP contribution in [0.5, 0.6) is 0 Å². The molecule has 8 nitrogen and oxygen atoms in total. The van der Waals surface area contributed by atoms with E-state index in [1.54, 1.807) is 33.8 Å². The minimum absolute atomic E-state index is 0.0481. The van der Waals surface area contributed by atoms with Crippen molar-refractivity contribution in [2.75, 3.05) is 13.2 Å². The van der Waals surface area contributed by atoms with E-state index >= 15 is 0 Å². The van der Waals surface area contributed by atoms with Gasteiger partial charge in [-0.2, -0.15) is 0 Å². The van der Waals surface area contributed by atoms with Crippen molar-refractivity contribution in [3.8, 4) is 0 Å². The maximum Gasteiger partial charge on any atom is 0.413 e. The van der Waals surface area contributed by atoms with Crippen LogP contribution in [0, 0.1) is 10.1 Å². The second-order valence-electron chi connectivity index (χ2n) is 6.91. The van der Waals surface area contributed by atoms with Crippen molar-refractivity contribution in [3.05, 3.63) is 38.3 Å². The molecule has 1 aromatic carbocycles. The number of non-ortho nitro benzene ring substituents is 1. The molecule has 25 heavy (non-hydrogen) atoms. The molecule has 0 bridgehead atoms. The summed E-state index contributed by atoms with van der Waals surface area (Å²) in [6.07, 6.45) is -0.626. The molecule has 0 radical (unpaired) electrons. The van der Waals surface area contributed by atoms with Crippen molar-refractivity contribution in [1.29, 1.82) is 0 Å². The van der Waals surface area contributed by atoms with Crippen LogP contribution in [-0.4, -0.2) is 35.7 Å². The van der Waals surface area contributed by atoms with Gasteiger partial charge in [0.25, 0.3) is 5.69 Å². The van der Waals surface area contributed by atoms with E-state index < -0.39 is 22.2 Å². The van der Waals surface area contributed by atoms with Gasteiger partial charge in [0.1, 0.15) is 23.6 Å². The zero-order chi connectivity index (χ0) is 18.8. The average molecular weight is 414 g/mol. The molecule has 2 rings (SSSR count). The Hall–Kier alpha value is -2.00. The maximum atomic E-state index is 11.9. The predicted octanol–water partition coefficient (Wildman–Crippen LogP) is 3.53. The number of nitro groups is 1. The summed E-state index contributed by atoms with van der Waals surface area (Å²) in [6.45, 7) is 7.43. The average Bonchev–Trinajstić information content (AvgIpc) is 2.44. The first kappa shape index (κ1) is 19.3. The number of aliphatic imine (C=N–C) groups is 1. The Balaban J connectivity index is 2.28. The monoisotopic (exact) mass is 413 g/mol. The largest absolute Gasteiger partial charge is 0.444 e. The summed E-state index contributed by atoms with van der Waals surface area (Å²) < 4.78 is 11.3. The van der Waals surface area contributed by atoms with Crippen molar-refractivity contribution in [2.24, 2.45) is 4.99 Å². The number of carbonyl (C=O) groups is 1. The summed E-state index contributed by atoms with van der Waals surface area (Å²) in [6, 6.07) is 4.62. The zero-order valence-corrected chi connectivity index (χ0v) is 16.0. The van der Waals surface area contributed by atoms with Gasteiger partial charge in [-0.25, -0.2) is 4.79 Å². The van der Waals surface area contributed by atoms with Gasteiger partial charge >= 0.3 is 6.09 Å². The summed E-state index contributed by atoms with van der Waals surface area (Å²) in [7, 11) is 0. The van der Waals surface area contributed by atoms with Crippen LogP contribution in [-0.2, 0) is 15.0 Å². The molecule has 1 heterocycles. The van der Waals surface area contributed by atoms with E-state index in [9.17, 15) is 14.9 Å². The Morgan fingerprint density at radius 2 is 2.12 bits per heavy atom. The van der Waals surface area contributed by atoms with Gasteiger partial charge in [-0.1, -0.05) is 15.9 Å². The minimum atomic E-state index is -0.864. The highest BCUT2D eigenvalue weighted by molar-refractivity contribution is 9.10. The van der Waals surface area contributed by atoms with Crippen molar-refractivity contribution in [2.45, 2.75) is 38.8 Å². The van der Waals surface area contributed by atoms with Crippen molar-refractivity contribution >= 4 is 33.5 Å². The lowest BCUT2D eigenvalue weighted by atomic mass is 9.92. The van der Waals surface area contributed by atoms with Crippen molar-refractivity contribution < 1.29 is 19.2 Å². The second-order valence-corrected chi connectivity index (χ2v) is 7.82. The Labute approximate surface area is 153 Å². The fraction of sp³-hybridized carbons (Fsp3) is 0.500. The highest BCUT2D eigenvalue weighted by Gasteiger charge is 2.33. The lowest BCUT2D eigenvalue weighted by Crippen LogP contribution is -2.44. The quantitative estimate of drug-likeness (QED) is 0.589. The number of nitrogens with zero attached hydrogens (tertiary/aromatic N) is 2. The van der Waals surface area contributed by atoms with Crippen LogP contribution in [0.4, 0.5) is 10.5 Å². The van der Waals surface area contributed by atoms with E-state index in [1.165, 1.54) is 12.1 Å². The van der Waals surface area contributed by atoms with Gasteiger partial charge in [-0.15, -0.1) is 0 Å². The molecule has 1 atom stereocenters. The molecular weight excluding hydrogens is 394 g/mol. The molecule has 0 fully saturated rings. The van der Waals surface area contributed by atoms with Gasteiger partial charge in [0, 0.05) is 16.6 Å². The number of amides is 1. The lowest BCUT2D eigenvalue weighted by Gasteiger charge is -2.31. The molecule has 1 unspecified atom stereocenters. The van der Waals surface area contributed by atoms with Gasteiger partial charge < -0.3 is 9.47 Å². The van der Waals surface area contributed by atoms with Crippen LogP contribution in [0.15, 0.2) is 27.7 Å². The molecule has 9 heteroatoms. The fourth-order valence-corrected chi connectivity index (χ4v) is 2.81. The third-order valence-corrected chi connectivity index (χ3v) is 3.82. The first-order valence-corrected chi connectivity index (χ1v) is 8.40. The minimum Gasteiger partial charge on any atom is -0.444 e. The van der Waals surface area contributed by atoms with Crippen molar-refractivity contribution in [3.63, 3.8) is 0 Å². The third-order valence-electron chi connectivity index (χ3n) is 3.36. The summed E-state index contributed by atoms with van der Waals surface area (Å²) in [5.41, 5.74) is -0.935. The number of benzene rings is 1. The number of halogens is 1. The Kier molecular flexibility index (Phi) is 5.48. The van der Waals surface area contributed by atoms with Crippen molar-refractivity contribution in [1.82, 2.24) is 5.32 Å². The third kappa shape index (κ3) is 5.23. The SMILES string of the molecule is CC(C)(C)OC(=O)NC1=NC(C)(c2cc(Br)cc([N+](=O)[O-])c2)COC1. The van der Waals surface area contributed by atoms with Crippen LogP contribution in [0.1, 0.15) is 33.3 Å². The molecule has 0 aliphatic carbocycles. The molecule has 1 amide bonds. The molecule has 1 aliphatic rings. The molecular formula is C16H20BrN3O5. The van der Waals surface area contributed by atoms with Gasteiger partial charge in [0.15, 0.2) is 0 Å². The standard InChI is InChI=1S/C16H20BrN3O5/c1-15(2,3)25-14(21)18-13-8-24-9-16(4,19-13)10-5-11(17)7-12(6-10)20(22)23/h5-7H,8-9H2,1-4H3,(H,18,19,21). The van der Waals surface area contributed by atoms with Crippen LogP contribution >= 0.6 is 15.9 Å². The first-order chi connectivity index (χ1) is 11.5. The number of nitro benzene ring substituents is 1. The molecule has 1 aromatic rings. The normalized spacial score (nSPS) is 20.6. The van der Waals surface area contributed by atoms with E-state index in [1.807, 2.05) is 0 Å². The molecule has 136 valence electrons. The van der Waals surface area contributed by atoms with Gasteiger partial charge in [0.2, 0.25) is 0 Å². The number of alkyl carbamates (subject to hydrolysis) is 1. The smallest absolute Gasteiger partial charge is 0.413 e. The van der Waals surface area contributed by atoms with E-state index in [0.29, 0.717) is 15.9 Å². The number of ether oxygens (including phenoxy) is 2. The van der Waals surface area contributed by atoms with Crippen LogP contribution in [0.25, 0.3) is 0 Å². The predicted molar refractivity (Wildman–Crippen MR) is 95.8 cm³/mol. The zero-order valence-electron chi connectivity index (χ0n) is 14.5. The number of amidine groups is 1. The molecule has 0 spiro atoms. The molecule has 0 saturated carbocycles. The number of hydrogen-bond donors (Lipinski definition) is 1. The second kappa shape index (κ2) is 7.09. The molecule has 1 N–H and O–H groups in total. The Morgan fingerprint density at radius 1 is 1.44 bits per heavy atom. The summed E-state index contributed by atoms with van der Waals surface area (Å²) >= 11 is 3.28. The van der Waals surface area contributed by atoms with Gasteiger partial charge in [-0.3, -0.25) is 20.4 Å². The van der Waals surface area contributed by atoms with Gasteiger partial charge in [-0.05, 0) is 39.3 Å². The van der Waals surface area contributed by atoms with Crippen LogP contribution in [0.3, 0.4) is 0 Å². The van der Waals surface area contributed by atoms with E-state index in [4.69, 9.17) is 9.47 Å². The molecule has 1 aliphatic heterocycles. The summed E-state index contributed by atoms with van der Waals surface area (Å²) in [5, 5.41) is 13.6. The van der Waals surface area contributed by atoms with Crippen LogP contribution in [0.2, 0.25) is 0 Å². The Morgan fingerprint density at radius 3 is 2.72 bits per heavy atom. The first-order valence-electron chi connectivity index (χ1n) is 7.60. The topological polar surface area (TPSA) is 103 Å².